The lowest BCUT2D eigenvalue weighted by molar-refractivity contribution is -0.120. The van der Waals surface area contributed by atoms with Gasteiger partial charge in [-0.15, -0.1) is 0 Å². The van der Waals surface area contributed by atoms with Crippen LogP contribution in [0.15, 0.2) is 36.4 Å². The number of amides is 1. The number of benzene rings is 1. The normalized spacial score (nSPS) is 13.4. The Morgan fingerprint density at radius 2 is 1.50 bits per heavy atom. The molecule has 0 aromatic heterocycles. The summed E-state index contributed by atoms with van der Waals surface area (Å²) in [6.07, 6.45) is 19.0. The highest BCUT2D eigenvalue weighted by atomic mass is 16.3. The molecule has 30 heavy (non-hydrogen) atoms. The molecule has 0 bridgehead atoms. The van der Waals surface area contributed by atoms with Crippen LogP contribution in [0.25, 0.3) is 0 Å². The van der Waals surface area contributed by atoms with Gasteiger partial charge in [-0.05, 0) is 49.8 Å². The number of allylic oxidation sites excluding steroid dienone is 2. The topological polar surface area (TPSA) is 69.6 Å². The zero-order valence-electron chi connectivity index (χ0n) is 19.1. The number of phenolic OH excluding ortho intramolecular Hbond substituents is 1. The Kier molecular flexibility index (Phi) is 14.8. The number of aliphatic hydroxyl groups excluding tert-OH is 1. The monoisotopic (exact) mass is 417 g/mol. The minimum atomic E-state index is -0.597. The van der Waals surface area contributed by atoms with Gasteiger partial charge in [0.05, 0.1) is 12.1 Å². The van der Waals surface area contributed by atoms with Crippen molar-refractivity contribution >= 4 is 5.91 Å². The Morgan fingerprint density at radius 3 is 2.10 bits per heavy atom. The second kappa shape index (κ2) is 16.9. The van der Waals surface area contributed by atoms with Crippen molar-refractivity contribution in [2.24, 2.45) is 0 Å². The van der Waals surface area contributed by atoms with Crippen LogP contribution in [0.3, 0.4) is 0 Å². The molecule has 4 heteroatoms. The number of hydrogen-bond donors (Lipinski definition) is 3. The molecule has 3 N–H and O–H groups in total. The van der Waals surface area contributed by atoms with E-state index in [2.05, 4.69) is 24.4 Å². The molecule has 0 heterocycles. The van der Waals surface area contributed by atoms with Gasteiger partial charge in [-0.3, -0.25) is 4.79 Å². The lowest BCUT2D eigenvalue weighted by Crippen LogP contribution is -2.43. The maximum absolute atomic E-state index is 11.5. The van der Waals surface area contributed by atoms with Crippen LogP contribution in [0, 0.1) is 0 Å². The molecule has 2 unspecified atom stereocenters. The van der Waals surface area contributed by atoms with Crippen molar-refractivity contribution in [1.29, 1.82) is 0 Å². The number of nitrogens with one attached hydrogen (secondary N) is 1. The molecule has 4 nitrogen and oxygen atoms in total. The third-order valence-electron chi connectivity index (χ3n) is 5.52. The molecule has 1 rings (SSSR count). The molecule has 0 radical (unpaired) electrons. The molecule has 1 amide bonds. The Morgan fingerprint density at radius 1 is 0.933 bits per heavy atom. The molecule has 0 aliphatic rings. The number of carbonyl (C=O) groups is 1. The van der Waals surface area contributed by atoms with E-state index in [0.29, 0.717) is 12.8 Å². The maximum atomic E-state index is 11.5. The van der Waals surface area contributed by atoms with Gasteiger partial charge in [-0.25, -0.2) is 0 Å². The van der Waals surface area contributed by atoms with Crippen LogP contribution in [0.1, 0.15) is 96.5 Å². The van der Waals surface area contributed by atoms with Crippen LogP contribution in [0.4, 0.5) is 0 Å². The molecule has 170 valence electrons. The summed E-state index contributed by atoms with van der Waals surface area (Å²) in [6.45, 7) is 3.73. The van der Waals surface area contributed by atoms with E-state index in [-0.39, 0.29) is 17.7 Å². The average Bonchev–Trinajstić information content (AvgIpc) is 2.72. The van der Waals surface area contributed by atoms with Crippen molar-refractivity contribution in [2.75, 3.05) is 0 Å². The summed E-state index contributed by atoms with van der Waals surface area (Å²) in [5.74, 6) is 0.0752. The van der Waals surface area contributed by atoms with E-state index in [9.17, 15) is 15.0 Å². The Balaban J connectivity index is 2.19. The SMILES string of the molecule is CCCCCCCCCCCC=CCCC(O)C(Cc1ccc(O)cc1)NC(C)=O. The summed E-state index contributed by atoms with van der Waals surface area (Å²) in [5.41, 5.74) is 0.978. The first-order valence-corrected chi connectivity index (χ1v) is 11.9. The van der Waals surface area contributed by atoms with Crippen molar-refractivity contribution in [3.8, 4) is 5.75 Å². The fourth-order valence-electron chi connectivity index (χ4n) is 3.71. The van der Waals surface area contributed by atoms with Crippen LogP contribution in [0.2, 0.25) is 0 Å². The molecule has 2 atom stereocenters. The van der Waals surface area contributed by atoms with E-state index < -0.39 is 6.10 Å². The van der Waals surface area contributed by atoms with Crippen molar-refractivity contribution in [3.05, 3.63) is 42.0 Å². The number of phenols is 1. The number of aromatic hydroxyl groups is 1. The summed E-state index contributed by atoms with van der Waals surface area (Å²) >= 11 is 0. The fraction of sp³-hybridized carbons (Fsp3) is 0.654. The second-order valence-corrected chi connectivity index (χ2v) is 8.41. The molecule has 0 saturated heterocycles. The highest BCUT2D eigenvalue weighted by Gasteiger charge is 2.20. The highest BCUT2D eigenvalue weighted by Crippen LogP contribution is 2.15. The molecule has 0 saturated carbocycles. The van der Waals surface area contributed by atoms with Crippen LogP contribution in [-0.2, 0) is 11.2 Å². The number of rotatable bonds is 17. The van der Waals surface area contributed by atoms with E-state index in [4.69, 9.17) is 0 Å². The summed E-state index contributed by atoms with van der Waals surface area (Å²) in [5, 5.41) is 22.8. The average molecular weight is 418 g/mol. The van der Waals surface area contributed by atoms with Crippen molar-refractivity contribution < 1.29 is 15.0 Å². The highest BCUT2D eigenvalue weighted by molar-refractivity contribution is 5.73. The van der Waals surface area contributed by atoms with Crippen molar-refractivity contribution in [3.63, 3.8) is 0 Å². The largest absolute Gasteiger partial charge is 0.508 e. The maximum Gasteiger partial charge on any atom is 0.217 e. The Hall–Kier alpha value is -1.81. The minimum absolute atomic E-state index is 0.140. The fourth-order valence-corrected chi connectivity index (χ4v) is 3.71. The van der Waals surface area contributed by atoms with Crippen LogP contribution in [-0.4, -0.2) is 28.3 Å². The van der Waals surface area contributed by atoms with E-state index >= 15 is 0 Å². The van der Waals surface area contributed by atoms with Gasteiger partial charge in [0.15, 0.2) is 0 Å². The second-order valence-electron chi connectivity index (χ2n) is 8.41. The molecular formula is C26H43NO3. The predicted molar refractivity (Wildman–Crippen MR) is 126 cm³/mol. The van der Waals surface area contributed by atoms with Gasteiger partial charge in [0, 0.05) is 6.92 Å². The van der Waals surface area contributed by atoms with Gasteiger partial charge in [-0.2, -0.15) is 0 Å². The molecule has 0 fully saturated rings. The van der Waals surface area contributed by atoms with Crippen LogP contribution in [0.5, 0.6) is 5.75 Å². The summed E-state index contributed by atoms with van der Waals surface area (Å²) in [7, 11) is 0. The van der Waals surface area contributed by atoms with Gasteiger partial charge in [0.25, 0.3) is 0 Å². The Labute approximate surface area is 183 Å². The lowest BCUT2D eigenvalue weighted by atomic mass is 9.98. The van der Waals surface area contributed by atoms with E-state index in [0.717, 1.165) is 18.4 Å². The number of aliphatic hydroxyl groups is 1. The molecular weight excluding hydrogens is 374 g/mol. The standard InChI is InChI=1S/C26H43NO3/c1-3-4-5-6-7-8-9-10-11-12-13-14-15-16-26(30)25(27-22(2)28)21-23-17-19-24(29)20-18-23/h13-14,17-20,25-26,29-30H,3-12,15-16,21H2,1-2H3,(H,27,28). The minimum Gasteiger partial charge on any atom is -0.508 e. The Bertz CT molecular complexity index is 582. The first-order valence-electron chi connectivity index (χ1n) is 11.9. The number of unbranched alkanes of at least 4 members (excludes halogenated alkanes) is 9. The number of hydrogen-bond acceptors (Lipinski definition) is 3. The van der Waals surface area contributed by atoms with Crippen molar-refractivity contribution in [1.82, 2.24) is 5.32 Å². The van der Waals surface area contributed by atoms with Gasteiger partial charge < -0.3 is 15.5 Å². The van der Waals surface area contributed by atoms with E-state index in [1.165, 1.54) is 64.7 Å². The smallest absolute Gasteiger partial charge is 0.217 e. The molecule has 1 aromatic carbocycles. The zero-order chi connectivity index (χ0) is 22.0. The predicted octanol–water partition coefficient (Wildman–Crippen LogP) is 6.06. The molecule has 1 aromatic rings. The lowest BCUT2D eigenvalue weighted by Gasteiger charge is -2.23. The zero-order valence-corrected chi connectivity index (χ0v) is 19.1. The van der Waals surface area contributed by atoms with E-state index in [1.807, 2.05) is 12.1 Å². The first-order chi connectivity index (χ1) is 14.5. The molecule has 0 aliphatic carbocycles. The summed E-state index contributed by atoms with van der Waals surface area (Å²) < 4.78 is 0. The van der Waals surface area contributed by atoms with E-state index in [1.54, 1.807) is 12.1 Å². The van der Waals surface area contributed by atoms with Crippen molar-refractivity contribution in [2.45, 2.75) is 109 Å². The van der Waals surface area contributed by atoms with Gasteiger partial charge in [0.1, 0.15) is 5.75 Å². The molecule has 0 spiro atoms. The summed E-state index contributed by atoms with van der Waals surface area (Å²) in [4.78, 5) is 11.5. The van der Waals surface area contributed by atoms with Gasteiger partial charge >= 0.3 is 0 Å². The van der Waals surface area contributed by atoms with Crippen LogP contribution < -0.4 is 5.32 Å². The number of carbonyl (C=O) groups excluding carboxylic acids is 1. The van der Waals surface area contributed by atoms with Gasteiger partial charge in [-0.1, -0.05) is 82.6 Å². The first kappa shape index (κ1) is 26.2. The third-order valence-corrected chi connectivity index (χ3v) is 5.52. The van der Waals surface area contributed by atoms with Crippen LogP contribution >= 0.6 is 0 Å². The molecule has 0 aliphatic heterocycles. The third kappa shape index (κ3) is 13.4. The summed E-state index contributed by atoms with van der Waals surface area (Å²) in [6, 6.07) is 6.57. The van der Waals surface area contributed by atoms with Gasteiger partial charge in [0.2, 0.25) is 5.91 Å². The quantitative estimate of drug-likeness (QED) is 0.213.